The van der Waals surface area contributed by atoms with Crippen molar-refractivity contribution in [2.75, 3.05) is 94.0 Å². The van der Waals surface area contributed by atoms with Crippen LogP contribution in [-0.4, -0.2) is 123 Å². The molecule has 0 aromatic rings. The molecule has 0 saturated heterocycles. The standard InChI is InChI=1S/C33H70N2O10P2/c1-6-7-8-9-10-11-12-13-14-15-16-17-18-19-20-21-22-33(31-44-46(38,39)42-29-25-34(2,3)23-27-36)32-45-47(40,41)43-30-26-35(4,5)24-28-37/h13-14,33,36-37H,6-12,15-32H2,1-5H3/p+2/b14-13+. The van der Waals surface area contributed by atoms with E-state index in [9.17, 15) is 29.8 Å². The monoisotopic (exact) mass is 718 g/mol. The highest BCUT2D eigenvalue weighted by Crippen LogP contribution is 2.50. The average molecular weight is 719 g/mol. The van der Waals surface area contributed by atoms with Crippen LogP contribution in [0.1, 0.15) is 103 Å². The highest BCUT2D eigenvalue weighted by molar-refractivity contribution is 7.53. The van der Waals surface area contributed by atoms with Gasteiger partial charge in [-0.3, -0.25) is 0 Å². The van der Waals surface area contributed by atoms with Gasteiger partial charge in [0.15, 0.2) is 0 Å². The molecule has 12 nitrogen and oxygen atoms in total. The van der Waals surface area contributed by atoms with E-state index < -0.39 is 22.3 Å². The quantitative estimate of drug-likeness (QED) is 0.0327. The summed E-state index contributed by atoms with van der Waals surface area (Å²) in [4.78, 5) is 45.5. The largest absolute Gasteiger partial charge is 0.606 e. The first-order valence-corrected chi connectivity index (χ1v) is 20.9. The van der Waals surface area contributed by atoms with Gasteiger partial charge in [0, 0.05) is 5.92 Å². The van der Waals surface area contributed by atoms with E-state index in [1.165, 1.54) is 57.8 Å². The number of aliphatic hydroxyl groups excluding tert-OH is 2. The van der Waals surface area contributed by atoms with Gasteiger partial charge in [-0.25, -0.2) is 0 Å². The Kier molecular flexibility index (Phi) is 27.9. The molecule has 282 valence electrons. The number of likely N-dealkylation sites (N-methyl/N-ethyl adjacent to an activating group) is 2. The number of phosphoric ester groups is 2. The van der Waals surface area contributed by atoms with Crippen LogP contribution in [0, 0.1) is 5.92 Å². The lowest BCUT2D eigenvalue weighted by Gasteiger charge is -2.30. The van der Waals surface area contributed by atoms with E-state index in [-0.39, 0.29) is 39.6 Å². The Balaban J connectivity index is 4.60. The lowest BCUT2D eigenvalue weighted by Crippen LogP contribution is -2.44. The molecule has 47 heavy (non-hydrogen) atoms. The first-order chi connectivity index (χ1) is 22.2. The number of rotatable bonds is 34. The third-order valence-electron chi connectivity index (χ3n) is 8.38. The number of aliphatic hydroxyl groups is 2. The van der Waals surface area contributed by atoms with Crippen molar-refractivity contribution in [2.24, 2.45) is 5.92 Å². The molecule has 0 saturated carbocycles. The smallest absolute Gasteiger partial charge is 0.377 e. The first-order valence-electron chi connectivity index (χ1n) is 17.9. The van der Waals surface area contributed by atoms with Crippen LogP contribution in [0.3, 0.4) is 0 Å². The highest BCUT2D eigenvalue weighted by atomic mass is 31.2. The molecule has 0 radical (unpaired) electrons. The van der Waals surface area contributed by atoms with Crippen LogP contribution in [0.2, 0.25) is 0 Å². The van der Waals surface area contributed by atoms with E-state index in [0.717, 1.165) is 32.1 Å². The molecule has 0 aliphatic carbocycles. The second-order valence-corrected chi connectivity index (χ2v) is 16.9. The van der Waals surface area contributed by atoms with E-state index in [1.54, 1.807) is 0 Å². The maximum atomic E-state index is 12.5. The van der Waals surface area contributed by atoms with Crippen molar-refractivity contribution in [3.05, 3.63) is 12.2 Å². The van der Waals surface area contributed by atoms with E-state index in [4.69, 9.17) is 18.1 Å². The molecule has 0 fully saturated rings. The number of quaternary nitrogens is 2. The van der Waals surface area contributed by atoms with Gasteiger partial charge in [0.1, 0.15) is 52.6 Å². The zero-order valence-electron chi connectivity index (χ0n) is 30.4. The fourth-order valence-electron chi connectivity index (χ4n) is 4.94. The highest BCUT2D eigenvalue weighted by Gasteiger charge is 2.34. The predicted octanol–water partition coefficient (Wildman–Crippen LogP) is 4.29. The van der Waals surface area contributed by atoms with Gasteiger partial charge in [-0.15, -0.1) is 0 Å². The first kappa shape index (κ1) is 47.1. The molecule has 2 atom stereocenters. The van der Waals surface area contributed by atoms with Crippen LogP contribution in [0.25, 0.3) is 0 Å². The van der Waals surface area contributed by atoms with Crippen molar-refractivity contribution < 1.29 is 56.8 Å². The number of nitrogens with zero attached hydrogens (tertiary/aromatic N) is 2. The van der Waals surface area contributed by atoms with Crippen LogP contribution in [0.15, 0.2) is 12.2 Å². The van der Waals surface area contributed by atoms with Gasteiger partial charge in [-0.05, 0) is 32.1 Å². The Morgan fingerprint density at radius 3 is 1.36 bits per heavy atom. The van der Waals surface area contributed by atoms with Gasteiger partial charge in [0.25, 0.3) is 0 Å². The van der Waals surface area contributed by atoms with Gasteiger partial charge >= 0.3 is 16.3 Å². The van der Waals surface area contributed by atoms with Crippen molar-refractivity contribution in [3.63, 3.8) is 0 Å². The summed E-state index contributed by atoms with van der Waals surface area (Å²) in [6, 6.07) is 0. The Morgan fingerprint density at radius 1 is 0.574 bits per heavy atom. The number of allylic oxidation sites excluding steroid dienone is 2. The van der Waals surface area contributed by atoms with E-state index >= 15 is 0 Å². The van der Waals surface area contributed by atoms with Gasteiger partial charge in [-0.1, -0.05) is 83.3 Å². The molecule has 0 bridgehead atoms. The van der Waals surface area contributed by atoms with Crippen molar-refractivity contribution in [1.29, 1.82) is 0 Å². The summed E-state index contributed by atoms with van der Waals surface area (Å²) >= 11 is 0. The van der Waals surface area contributed by atoms with Gasteiger partial charge in [0.2, 0.25) is 0 Å². The summed E-state index contributed by atoms with van der Waals surface area (Å²) in [5.74, 6) is -0.414. The van der Waals surface area contributed by atoms with Gasteiger partial charge in [0.05, 0.1) is 41.4 Å². The van der Waals surface area contributed by atoms with Crippen molar-refractivity contribution in [2.45, 2.75) is 103 Å². The summed E-state index contributed by atoms with van der Waals surface area (Å²) in [5.41, 5.74) is 0. The van der Waals surface area contributed by atoms with Gasteiger partial charge < -0.3 is 29.0 Å². The molecule has 0 amide bonds. The lowest BCUT2D eigenvalue weighted by atomic mass is 10.0. The fourth-order valence-corrected chi connectivity index (χ4v) is 6.51. The molecule has 4 N–H and O–H groups in total. The molecular formula is C33H72N2O10P2+2. The minimum atomic E-state index is -4.35. The summed E-state index contributed by atoms with van der Waals surface area (Å²) in [6.45, 7) is 3.63. The molecule has 2 unspecified atom stereocenters. The third-order valence-corrected chi connectivity index (χ3v) is 10.4. The zero-order valence-corrected chi connectivity index (χ0v) is 32.2. The maximum Gasteiger partial charge on any atom is 0.377 e. The minimum absolute atomic E-state index is 0.00333. The minimum Gasteiger partial charge on any atom is -0.606 e. The number of phosphoric acid groups is 2. The SMILES string of the molecule is CCCCCCCC/C=C/CCCCCCCCC(CO[P+]([O-])(O)OCC[N+](C)(C)CCO)CO[P+]([O-])(O)OCC[N+](C)(C)CCO. The van der Waals surface area contributed by atoms with Crippen LogP contribution < -0.4 is 9.79 Å². The van der Waals surface area contributed by atoms with Crippen LogP contribution >= 0.6 is 16.3 Å². The molecule has 0 aromatic carbocycles. The molecular weight excluding hydrogens is 646 g/mol. The van der Waals surface area contributed by atoms with Crippen molar-refractivity contribution >= 4 is 16.3 Å². The molecule has 0 aliphatic rings. The topological polar surface area (TPSA) is 164 Å². The molecule has 0 rings (SSSR count). The van der Waals surface area contributed by atoms with E-state index in [2.05, 4.69) is 19.1 Å². The summed E-state index contributed by atoms with van der Waals surface area (Å²) < 4.78 is 21.7. The van der Waals surface area contributed by atoms with Crippen LogP contribution in [-0.2, 0) is 18.1 Å². The van der Waals surface area contributed by atoms with Gasteiger partial charge in [-0.2, -0.15) is 27.9 Å². The predicted molar refractivity (Wildman–Crippen MR) is 188 cm³/mol. The van der Waals surface area contributed by atoms with Crippen molar-refractivity contribution in [1.82, 2.24) is 0 Å². The second kappa shape index (κ2) is 27.8. The second-order valence-electron chi connectivity index (χ2n) is 14.0. The van der Waals surface area contributed by atoms with Crippen LogP contribution in [0.5, 0.6) is 0 Å². The summed E-state index contributed by atoms with van der Waals surface area (Å²) in [6.07, 6.45) is 21.9. The average Bonchev–Trinajstić information content (AvgIpc) is 2.97. The summed E-state index contributed by atoms with van der Waals surface area (Å²) in [7, 11) is -1.18. The fraction of sp³-hybridized carbons (Fsp3) is 0.939. The van der Waals surface area contributed by atoms with E-state index in [0.29, 0.717) is 41.6 Å². The molecule has 0 spiro atoms. The maximum absolute atomic E-state index is 12.5. The Labute approximate surface area is 288 Å². The van der Waals surface area contributed by atoms with Crippen LogP contribution in [0.4, 0.5) is 0 Å². The summed E-state index contributed by atoms with van der Waals surface area (Å²) in [5, 5.41) is 18.3. The Morgan fingerprint density at radius 2 is 0.957 bits per heavy atom. The Bertz CT molecular complexity index is 721. The molecule has 14 heteroatoms. The normalized spacial score (nSPS) is 16.1. The van der Waals surface area contributed by atoms with E-state index in [1.807, 2.05) is 28.2 Å². The third kappa shape index (κ3) is 30.7. The molecule has 0 aliphatic heterocycles. The number of hydrogen-bond donors (Lipinski definition) is 4. The number of unbranched alkanes of at least 4 members (excludes halogenated alkanes) is 12. The zero-order chi connectivity index (χ0) is 35.5. The molecule has 0 heterocycles. The molecule has 0 aromatic heterocycles. The lowest BCUT2D eigenvalue weighted by molar-refractivity contribution is -0.890. The number of hydrogen-bond acceptors (Lipinski definition) is 10. The Hall–Kier alpha value is 0.120. The van der Waals surface area contributed by atoms with Crippen molar-refractivity contribution in [3.8, 4) is 0 Å².